The van der Waals surface area contributed by atoms with Crippen LogP contribution < -0.4 is 0 Å². The number of benzene rings is 2. The summed E-state index contributed by atoms with van der Waals surface area (Å²) in [5.74, 6) is 0.519. The number of pyridine rings is 2. The summed E-state index contributed by atoms with van der Waals surface area (Å²) in [7, 11) is 0. The van der Waals surface area contributed by atoms with Crippen LogP contribution in [0.25, 0.3) is 10.9 Å². The minimum absolute atomic E-state index is 0.117. The maximum absolute atomic E-state index is 13.1. The van der Waals surface area contributed by atoms with Gasteiger partial charge in [-0.25, -0.2) is 9.97 Å². The number of aliphatic hydroxyl groups is 1. The van der Waals surface area contributed by atoms with E-state index in [4.69, 9.17) is 23.2 Å². The van der Waals surface area contributed by atoms with E-state index in [1.165, 1.54) is 12.3 Å². The van der Waals surface area contributed by atoms with Crippen LogP contribution in [0.4, 0.5) is 13.2 Å². The molecule has 0 saturated carbocycles. The third kappa shape index (κ3) is 4.68. The quantitative estimate of drug-likeness (QED) is 0.238. The molecule has 10 heteroatoms. The second-order valence-electron chi connectivity index (χ2n) is 8.61. The van der Waals surface area contributed by atoms with Gasteiger partial charge in [-0.2, -0.15) is 13.2 Å². The van der Waals surface area contributed by atoms with E-state index >= 15 is 0 Å². The number of aromatic nitrogens is 4. The average molecular weight is 543 g/mol. The number of H-pyrrole nitrogens is 1. The summed E-state index contributed by atoms with van der Waals surface area (Å²) in [5.41, 5.74) is -0.147. The second kappa shape index (κ2) is 9.45. The molecular weight excluding hydrogens is 524 g/mol. The smallest absolute Gasteiger partial charge is 0.374 e. The van der Waals surface area contributed by atoms with Crippen molar-refractivity contribution in [2.75, 3.05) is 0 Å². The van der Waals surface area contributed by atoms with E-state index in [0.29, 0.717) is 39.3 Å². The second-order valence-corrected chi connectivity index (χ2v) is 9.35. The van der Waals surface area contributed by atoms with Crippen LogP contribution in [0.2, 0.25) is 10.2 Å². The summed E-state index contributed by atoms with van der Waals surface area (Å²) in [5, 5.41) is 13.2. The topological polar surface area (TPSA) is 74.7 Å². The molecule has 5 rings (SSSR count). The Morgan fingerprint density at radius 2 is 1.65 bits per heavy atom. The molecule has 1 unspecified atom stereocenters. The van der Waals surface area contributed by atoms with Crippen LogP contribution in [0.5, 0.6) is 0 Å². The van der Waals surface area contributed by atoms with Crippen LogP contribution in [0, 0.1) is 6.92 Å². The van der Waals surface area contributed by atoms with Crippen LogP contribution in [0.3, 0.4) is 0 Å². The van der Waals surface area contributed by atoms with Gasteiger partial charge < -0.3 is 10.1 Å². The Morgan fingerprint density at radius 1 is 0.919 bits per heavy atom. The zero-order chi connectivity index (χ0) is 26.4. The average Bonchev–Trinajstić information content (AvgIpc) is 3.33. The third-order valence-electron chi connectivity index (χ3n) is 6.17. The Labute approximate surface area is 220 Å². The molecule has 0 bridgehead atoms. The van der Waals surface area contributed by atoms with E-state index in [9.17, 15) is 18.3 Å². The van der Waals surface area contributed by atoms with Crippen molar-refractivity contribution in [1.82, 2.24) is 19.9 Å². The molecule has 3 aromatic heterocycles. The van der Waals surface area contributed by atoms with Gasteiger partial charge in [0.25, 0.3) is 0 Å². The largest absolute Gasteiger partial charge is 0.433 e. The fourth-order valence-electron chi connectivity index (χ4n) is 4.27. The number of nitrogens with one attached hydrogen (secondary N) is 1. The third-order valence-corrected chi connectivity index (χ3v) is 6.92. The molecule has 0 aliphatic rings. The number of hydrogen-bond acceptors (Lipinski definition) is 4. The van der Waals surface area contributed by atoms with Crippen molar-refractivity contribution in [3.05, 3.63) is 123 Å². The molecular formula is C27H19Cl2F3N4O. The standard InChI is InChI=1S/C27H19Cl2F3N4O/c1-15-33-14-23(35-15)26(37,18-8-10-22(34-13-18)27(30,31)32)17-7-9-21-19(12-17)24(28)20(25(29)36-21)11-16-5-3-2-4-6-16/h2-10,12-14,37H,11H2,1H3,(H,33,35). The summed E-state index contributed by atoms with van der Waals surface area (Å²) in [6.45, 7) is 1.70. The van der Waals surface area contributed by atoms with Crippen molar-refractivity contribution in [2.24, 2.45) is 0 Å². The molecule has 0 aliphatic heterocycles. The number of fused-ring (bicyclic) bond motifs is 1. The number of halogens is 5. The lowest BCUT2D eigenvalue weighted by molar-refractivity contribution is -0.141. The molecule has 0 fully saturated rings. The van der Waals surface area contributed by atoms with Gasteiger partial charge >= 0.3 is 6.18 Å². The maximum Gasteiger partial charge on any atom is 0.433 e. The first-order chi connectivity index (χ1) is 17.6. The van der Waals surface area contributed by atoms with Gasteiger partial charge in [0.05, 0.1) is 22.4 Å². The molecule has 1 atom stereocenters. The Morgan fingerprint density at radius 3 is 2.27 bits per heavy atom. The SMILES string of the molecule is Cc1ncc(C(O)(c2ccc(C(F)(F)F)nc2)c2ccc3nc(Cl)c(Cc4ccccc4)c(Cl)c3c2)[nH]1. The molecule has 2 aromatic carbocycles. The van der Waals surface area contributed by atoms with Gasteiger partial charge in [0.2, 0.25) is 0 Å². The van der Waals surface area contributed by atoms with Gasteiger partial charge in [0.1, 0.15) is 16.7 Å². The van der Waals surface area contributed by atoms with Crippen molar-refractivity contribution >= 4 is 34.1 Å². The highest BCUT2D eigenvalue weighted by atomic mass is 35.5. The summed E-state index contributed by atoms with van der Waals surface area (Å²) in [6.07, 6.45) is -1.73. The number of rotatable bonds is 5. The highest BCUT2D eigenvalue weighted by molar-refractivity contribution is 6.39. The maximum atomic E-state index is 13.1. The predicted molar refractivity (Wildman–Crippen MR) is 136 cm³/mol. The molecule has 0 aliphatic carbocycles. The Kier molecular flexibility index (Phi) is 6.43. The van der Waals surface area contributed by atoms with Crippen molar-refractivity contribution in [1.29, 1.82) is 0 Å². The molecule has 3 heterocycles. The highest BCUT2D eigenvalue weighted by Crippen LogP contribution is 2.40. The van der Waals surface area contributed by atoms with Crippen LogP contribution in [-0.4, -0.2) is 25.0 Å². The number of aryl methyl sites for hydroxylation is 1. The van der Waals surface area contributed by atoms with Crippen molar-refractivity contribution < 1.29 is 18.3 Å². The molecule has 0 radical (unpaired) electrons. The molecule has 0 spiro atoms. The Hall–Kier alpha value is -3.46. The zero-order valence-electron chi connectivity index (χ0n) is 19.3. The van der Waals surface area contributed by atoms with Crippen LogP contribution >= 0.6 is 23.2 Å². The normalized spacial score (nSPS) is 13.6. The predicted octanol–water partition coefficient (Wildman–Crippen LogP) is 6.86. The molecule has 0 saturated heterocycles. The molecule has 2 N–H and O–H groups in total. The lowest BCUT2D eigenvalue weighted by Gasteiger charge is -2.28. The first kappa shape index (κ1) is 25.2. The van der Waals surface area contributed by atoms with Crippen LogP contribution in [0.15, 0.2) is 73.1 Å². The van der Waals surface area contributed by atoms with E-state index in [1.807, 2.05) is 30.3 Å². The highest BCUT2D eigenvalue weighted by Gasteiger charge is 2.38. The van der Waals surface area contributed by atoms with E-state index in [-0.39, 0.29) is 16.4 Å². The number of imidazole rings is 1. The zero-order valence-corrected chi connectivity index (χ0v) is 20.8. The Bertz CT molecular complexity index is 1590. The van der Waals surface area contributed by atoms with Gasteiger partial charge in [-0.05, 0) is 36.2 Å². The van der Waals surface area contributed by atoms with Crippen LogP contribution in [-0.2, 0) is 18.2 Å². The van der Waals surface area contributed by atoms with Crippen molar-refractivity contribution in [2.45, 2.75) is 25.1 Å². The first-order valence-corrected chi connectivity index (χ1v) is 11.9. The lowest BCUT2D eigenvalue weighted by Crippen LogP contribution is -2.30. The number of aromatic amines is 1. The molecule has 5 nitrogen and oxygen atoms in total. The fourth-order valence-corrected chi connectivity index (χ4v) is 4.88. The number of alkyl halides is 3. The minimum atomic E-state index is -4.61. The summed E-state index contributed by atoms with van der Waals surface area (Å²) < 4.78 is 39.4. The molecule has 188 valence electrons. The van der Waals surface area contributed by atoms with Gasteiger partial charge in [-0.15, -0.1) is 0 Å². The monoisotopic (exact) mass is 542 g/mol. The molecule has 5 aromatic rings. The van der Waals surface area contributed by atoms with Crippen molar-refractivity contribution in [3.63, 3.8) is 0 Å². The number of nitrogens with zero attached hydrogens (tertiary/aromatic N) is 3. The van der Waals surface area contributed by atoms with Gasteiger partial charge in [0, 0.05) is 29.1 Å². The van der Waals surface area contributed by atoms with Crippen LogP contribution in [0.1, 0.15) is 39.5 Å². The van der Waals surface area contributed by atoms with E-state index < -0.39 is 17.5 Å². The molecule has 37 heavy (non-hydrogen) atoms. The van der Waals surface area contributed by atoms with E-state index in [1.54, 1.807) is 25.1 Å². The Balaban J connectivity index is 1.68. The summed E-state index contributed by atoms with van der Waals surface area (Å²) in [6, 6.07) is 16.6. The minimum Gasteiger partial charge on any atom is -0.374 e. The van der Waals surface area contributed by atoms with Crippen molar-refractivity contribution in [3.8, 4) is 0 Å². The van der Waals surface area contributed by atoms with Gasteiger partial charge in [-0.1, -0.05) is 65.7 Å². The summed E-state index contributed by atoms with van der Waals surface area (Å²) >= 11 is 13.3. The lowest BCUT2D eigenvalue weighted by atomic mass is 9.84. The fraction of sp³-hybridized carbons (Fsp3) is 0.148. The van der Waals surface area contributed by atoms with E-state index in [0.717, 1.165) is 17.8 Å². The first-order valence-electron chi connectivity index (χ1n) is 11.2. The van der Waals surface area contributed by atoms with E-state index in [2.05, 4.69) is 19.9 Å². The van der Waals surface area contributed by atoms with Gasteiger partial charge in [-0.3, -0.25) is 4.98 Å². The number of hydrogen-bond donors (Lipinski definition) is 2. The molecule has 0 amide bonds. The van der Waals surface area contributed by atoms with Gasteiger partial charge in [0.15, 0.2) is 5.60 Å². The summed E-state index contributed by atoms with van der Waals surface area (Å²) in [4.78, 5) is 15.2.